The number of likely N-dealkylation sites (N-methyl/N-ethyl adjacent to an activating group) is 1. The van der Waals surface area contributed by atoms with E-state index in [1.54, 1.807) is 0 Å². The largest absolute Gasteiger partial charge is 0.306 e. The van der Waals surface area contributed by atoms with E-state index in [4.69, 9.17) is 0 Å². The van der Waals surface area contributed by atoms with Crippen LogP contribution < -0.4 is 0 Å². The molecule has 0 bridgehead atoms. The third-order valence-corrected chi connectivity index (χ3v) is 4.61. The summed E-state index contributed by atoms with van der Waals surface area (Å²) in [6, 6.07) is 0.799. The molecule has 2 fully saturated rings. The second-order valence-electron chi connectivity index (χ2n) is 6.07. The third-order valence-electron chi connectivity index (χ3n) is 4.61. The number of hydrogen-bond donors (Lipinski definition) is 0. The van der Waals surface area contributed by atoms with Crippen molar-refractivity contribution in [2.75, 3.05) is 53.4 Å². The molecule has 2 aliphatic heterocycles. The highest BCUT2D eigenvalue weighted by Gasteiger charge is 2.27. The smallest absolute Gasteiger partial charge is 0.0221 e. The van der Waals surface area contributed by atoms with Crippen LogP contribution >= 0.6 is 0 Å². The molecule has 2 aliphatic rings. The summed E-state index contributed by atoms with van der Waals surface area (Å²) >= 11 is 0. The first-order chi connectivity index (χ1) is 8.19. The van der Waals surface area contributed by atoms with Crippen molar-refractivity contribution >= 4 is 0 Å². The van der Waals surface area contributed by atoms with Gasteiger partial charge in [0.2, 0.25) is 0 Å². The van der Waals surface area contributed by atoms with Crippen molar-refractivity contribution in [1.82, 2.24) is 14.7 Å². The molecule has 17 heavy (non-hydrogen) atoms. The van der Waals surface area contributed by atoms with Crippen molar-refractivity contribution in [1.29, 1.82) is 0 Å². The van der Waals surface area contributed by atoms with Crippen LogP contribution in [0.5, 0.6) is 0 Å². The lowest BCUT2D eigenvalue weighted by Gasteiger charge is -2.42. The summed E-state index contributed by atoms with van der Waals surface area (Å²) in [7, 11) is 4.51. The molecule has 2 heterocycles. The van der Waals surface area contributed by atoms with E-state index in [1.165, 1.54) is 58.5 Å². The van der Waals surface area contributed by atoms with Crippen molar-refractivity contribution in [2.24, 2.45) is 5.92 Å². The van der Waals surface area contributed by atoms with E-state index >= 15 is 0 Å². The lowest BCUT2D eigenvalue weighted by molar-refractivity contribution is 0.0608. The Morgan fingerprint density at radius 3 is 2.29 bits per heavy atom. The molecule has 0 saturated carbocycles. The predicted molar refractivity (Wildman–Crippen MR) is 73.4 cm³/mol. The van der Waals surface area contributed by atoms with Crippen LogP contribution in [0, 0.1) is 5.92 Å². The van der Waals surface area contributed by atoms with E-state index in [0.29, 0.717) is 0 Å². The maximum absolute atomic E-state index is 2.76. The zero-order valence-electron chi connectivity index (χ0n) is 11.9. The molecule has 0 aromatic rings. The molecule has 2 saturated heterocycles. The fourth-order valence-corrected chi connectivity index (χ4v) is 3.25. The van der Waals surface area contributed by atoms with Crippen LogP contribution in [-0.4, -0.2) is 74.1 Å². The van der Waals surface area contributed by atoms with Crippen LogP contribution in [-0.2, 0) is 0 Å². The second-order valence-corrected chi connectivity index (χ2v) is 6.07. The van der Waals surface area contributed by atoms with Gasteiger partial charge < -0.3 is 9.80 Å². The van der Waals surface area contributed by atoms with Crippen molar-refractivity contribution < 1.29 is 0 Å². The maximum Gasteiger partial charge on any atom is 0.0221 e. The monoisotopic (exact) mass is 239 g/mol. The van der Waals surface area contributed by atoms with Gasteiger partial charge in [0.15, 0.2) is 0 Å². The highest BCUT2D eigenvalue weighted by molar-refractivity contribution is 4.82. The molecule has 2 rings (SSSR count). The molecule has 0 unspecified atom stereocenters. The molecule has 3 heteroatoms. The Kier molecular flexibility index (Phi) is 4.83. The summed E-state index contributed by atoms with van der Waals surface area (Å²) in [6.45, 7) is 10.1. The molecule has 1 atom stereocenters. The van der Waals surface area contributed by atoms with Crippen LogP contribution in [0.3, 0.4) is 0 Å². The minimum Gasteiger partial charge on any atom is -0.306 e. The third kappa shape index (κ3) is 3.67. The Balaban J connectivity index is 1.80. The van der Waals surface area contributed by atoms with Crippen LogP contribution in [0.2, 0.25) is 0 Å². The lowest BCUT2D eigenvalue weighted by Crippen LogP contribution is -2.53. The van der Waals surface area contributed by atoms with Crippen LogP contribution in [0.25, 0.3) is 0 Å². The Morgan fingerprint density at radius 1 is 0.941 bits per heavy atom. The molecule has 0 radical (unpaired) electrons. The first kappa shape index (κ1) is 13.3. The minimum absolute atomic E-state index is 0.799. The van der Waals surface area contributed by atoms with Gasteiger partial charge in [-0.1, -0.05) is 6.92 Å². The SMILES string of the molecule is CC[C@@H]1CN(C)CCN1CC1CCN(C)CC1. The minimum atomic E-state index is 0.799. The fraction of sp³-hybridized carbons (Fsp3) is 1.00. The molecule has 3 nitrogen and oxygen atoms in total. The van der Waals surface area contributed by atoms with E-state index < -0.39 is 0 Å². The molecule has 0 aromatic heterocycles. The van der Waals surface area contributed by atoms with Crippen molar-refractivity contribution in [3.05, 3.63) is 0 Å². The Hall–Kier alpha value is -0.120. The lowest BCUT2D eigenvalue weighted by atomic mass is 9.95. The maximum atomic E-state index is 2.76. The number of hydrogen-bond acceptors (Lipinski definition) is 3. The van der Waals surface area contributed by atoms with Crippen LogP contribution in [0.15, 0.2) is 0 Å². The number of piperidine rings is 1. The molecule has 0 aromatic carbocycles. The summed E-state index contributed by atoms with van der Waals surface area (Å²) in [6.07, 6.45) is 4.11. The first-order valence-electron chi connectivity index (χ1n) is 7.30. The Morgan fingerprint density at radius 2 is 1.65 bits per heavy atom. The highest BCUT2D eigenvalue weighted by atomic mass is 15.3. The number of piperazine rings is 1. The average molecular weight is 239 g/mol. The van der Waals surface area contributed by atoms with Crippen molar-refractivity contribution in [3.63, 3.8) is 0 Å². The Bertz CT molecular complexity index is 224. The molecular formula is C14H29N3. The summed E-state index contributed by atoms with van der Waals surface area (Å²) in [5.41, 5.74) is 0. The van der Waals surface area contributed by atoms with Gasteiger partial charge in [0.1, 0.15) is 0 Å². The van der Waals surface area contributed by atoms with Gasteiger partial charge in [-0.25, -0.2) is 0 Å². The fourth-order valence-electron chi connectivity index (χ4n) is 3.25. The average Bonchev–Trinajstić information content (AvgIpc) is 2.34. The van der Waals surface area contributed by atoms with Gasteiger partial charge in [0.05, 0.1) is 0 Å². The summed E-state index contributed by atoms with van der Waals surface area (Å²) in [5.74, 6) is 0.948. The van der Waals surface area contributed by atoms with Crippen molar-refractivity contribution in [2.45, 2.75) is 32.2 Å². The second kappa shape index (κ2) is 6.17. The number of rotatable bonds is 3. The van der Waals surface area contributed by atoms with Gasteiger partial charge >= 0.3 is 0 Å². The first-order valence-corrected chi connectivity index (χ1v) is 7.30. The van der Waals surface area contributed by atoms with E-state index in [0.717, 1.165) is 12.0 Å². The van der Waals surface area contributed by atoms with Gasteiger partial charge in [-0.3, -0.25) is 4.90 Å². The van der Waals surface area contributed by atoms with Crippen LogP contribution in [0.1, 0.15) is 26.2 Å². The van der Waals surface area contributed by atoms with Gasteiger partial charge in [-0.15, -0.1) is 0 Å². The van der Waals surface area contributed by atoms with Gasteiger partial charge in [-0.2, -0.15) is 0 Å². The topological polar surface area (TPSA) is 9.72 Å². The summed E-state index contributed by atoms with van der Waals surface area (Å²) in [5, 5.41) is 0. The molecule has 0 aliphatic carbocycles. The summed E-state index contributed by atoms with van der Waals surface area (Å²) < 4.78 is 0. The van der Waals surface area contributed by atoms with E-state index in [2.05, 4.69) is 35.7 Å². The standard InChI is InChI=1S/C14H29N3/c1-4-14-12-16(3)9-10-17(14)11-13-5-7-15(2)8-6-13/h13-14H,4-12H2,1-3H3/t14-/m1/s1. The van der Waals surface area contributed by atoms with E-state index in [1.807, 2.05) is 0 Å². The zero-order valence-corrected chi connectivity index (χ0v) is 11.9. The number of likely N-dealkylation sites (tertiary alicyclic amines) is 1. The van der Waals surface area contributed by atoms with Gasteiger partial charge in [-0.05, 0) is 52.4 Å². The van der Waals surface area contributed by atoms with Crippen molar-refractivity contribution in [3.8, 4) is 0 Å². The van der Waals surface area contributed by atoms with Crippen LogP contribution in [0.4, 0.5) is 0 Å². The highest BCUT2D eigenvalue weighted by Crippen LogP contribution is 2.20. The van der Waals surface area contributed by atoms with Gasteiger partial charge in [0.25, 0.3) is 0 Å². The molecule has 0 amide bonds. The van der Waals surface area contributed by atoms with Gasteiger partial charge in [0, 0.05) is 32.2 Å². The predicted octanol–water partition coefficient (Wildman–Crippen LogP) is 1.35. The molecule has 0 spiro atoms. The Labute approximate surface area is 107 Å². The number of nitrogens with zero attached hydrogens (tertiary/aromatic N) is 3. The molecule has 100 valence electrons. The van der Waals surface area contributed by atoms with E-state index in [-0.39, 0.29) is 0 Å². The normalized spacial score (nSPS) is 30.9. The molecular weight excluding hydrogens is 210 g/mol. The quantitative estimate of drug-likeness (QED) is 0.736. The molecule has 0 N–H and O–H groups in total. The van der Waals surface area contributed by atoms with E-state index in [9.17, 15) is 0 Å². The zero-order chi connectivity index (χ0) is 12.3. The summed E-state index contributed by atoms with van der Waals surface area (Å²) in [4.78, 5) is 7.72.